The van der Waals surface area contributed by atoms with Crippen LogP contribution in [-0.4, -0.2) is 71.0 Å². The lowest BCUT2D eigenvalue weighted by molar-refractivity contribution is -0.152. The average Bonchev–Trinajstić information content (AvgIpc) is 3.02. The number of ether oxygens (including phenoxy) is 2. The van der Waals surface area contributed by atoms with E-state index in [0.717, 1.165) is 31.2 Å². The fourth-order valence-electron chi connectivity index (χ4n) is 3.73. The molecule has 1 unspecified atom stereocenters. The van der Waals surface area contributed by atoms with Gasteiger partial charge in [0.1, 0.15) is 24.0 Å². The van der Waals surface area contributed by atoms with Crippen molar-refractivity contribution < 1.29 is 47.0 Å². The molecule has 1 aromatic rings. The molecule has 0 aliphatic carbocycles. The number of hydrogen-bond acceptors (Lipinski definition) is 9. The molecule has 2 aliphatic heterocycles. The van der Waals surface area contributed by atoms with Gasteiger partial charge >= 0.3 is 13.7 Å². The molecule has 1 saturated heterocycles. The maximum atomic E-state index is 15.6. The van der Waals surface area contributed by atoms with Gasteiger partial charge in [0.2, 0.25) is 5.91 Å². The van der Waals surface area contributed by atoms with Crippen molar-refractivity contribution in [3.63, 3.8) is 0 Å². The Morgan fingerprint density at radius 3 is 2.57 bits per heavy atom. The molecule has 35 heavy (non-hydrogen) atoms. The van der Waals surface area contributed by atoms with Crippen LogP contribution in [0.25, 0.3) is 0 Å². The monoisotopic (exact) mass is 514 g/mol. The number of rotatable bonds is 9. The number of esters is 1. The van der Waals surface area contributed by atoms with Gasteiger partial charge < -0.3 is 19.1 Å². The summed E-state index contributed by atoms with van der Waals surface area (Å²) in [6.07, 6.45) is -4.26. The van der Waals surface area contributed by atoms with Crippen LogP contribution in [0, 0.1) is 0 Å². The highest BCUT2D eigenvalue weighted by Crippen LogP contribution is 2.48. The van der Waals surface area contributed by atoms with Gasteiger partial charge in [-0.15, -0.1) is 0 Å². The number of para-hydroxylation sites is 1. The molecule has 13 heteroatoms. The van der Waals surface area contributed by atoms with Crippen molar-refractivity contribution in [2.24, 2.45) is 0 Å². The quantitative estimate of drug-likeness (QED) is 0.285. The molecule has 7 atom stereocenters. The Balaban J connectivity index is 1.83. The van der Waals surface area contributed by atoms with Gasteiger partial charge in [-0.2, -0.15) is 5.09 Å². The Morgan fingerprint density at radius 2 is 1.97 bits per heavy atom. The van der Waals surface area contributed by atoms with Crippen molar-refractivity contribution in [3.8, 4) is 5.75 Å². The molecule has 0 spiro atoms. The van der Waals surface area contributed by atoms with E-state index in [-0.39, 0.29) is 5.75 Å². The number of carbonyl (C=O) groups excluding carboxylic acids is 3. The topological polar surface area (TPSA) is 141 Å². The first kappa shape index (κ1) is 27.0. The Labute approximate surface area is 201 Å². The number of halogens is 1. The van der Waals surface area contributed by atoms with Crippen LogP contribution in [0.15, 0.2) is 42.6 Å². The van der Waals surface area contributed by atoms with E-state index in [1.54, 1.807) is 18.2 Å². The molecule has 192 valence electrons. The van der Waals surface area contributed by atoms with Gasteiger partial charge in [-0.25, -0.2) is 8.96 Å². The minimum atomic E-state index is -4.32. The zero-order valence-electron chi connectivity index (χ0n) is 19.6. The van der Waals surface area contributed by atoms with Gasteiger partial charge in [-0.3, -0.25) is 23.8 Å². The largest absolute Gasteiger partial charge is 0.468 e. The second kappa shape index (κ2) is 10.5. The van der Waals surface area contributed by atoms with Crippen LogP contribution in [0.5, 0.6) is 5.75 Å². The summed E-state index contributed by atoms with van der Waals surface area (Å²) in [6, 6.07) is 6.88. The number of allylic oxidation sites excluding steroid dienone is 1. The molecular formula is C22H28FN2O9P. The Hall–Kier alpha value is -2.63. The lowest BCUT2D eigenvalue weighted by Gasteiger charge is -2.33. The van der Waals surface area contributed by atoms with Gasteiger partial charge in [0, 0.05) is 6.20 Å². The number of nitrogens with one attached hydrogen (secondary N) is 1. The predicted molar refractivity (Wildman–Crippen MR) is 120 cm³/mol. The molecule has 3 rings (SSSR count). The molecule has 11 nitrogen and oxygen atoms in total. The number of amides is 1. The molecule has 0 saturated carbocycles. The zero-order chi connectivity index (χ0) is 26.0. The number of hydrogen-bond donors (Lipinski definition) is 2. The van der Waals surface area contributed by atoms with E-state index in [4.69, 9.17) is 13.8 Å². The van der Waals surface area contributed by atoms with Crippen LogP contribution >= 0.6 is 7.75 Å². The van der Waals surface area contributed by atoms with Crippen molar-refractivity contribution in [1.29, 1.82) is 0 Å². The SMILES string of the molecule is COC(=O)[C@H](C)NP(=O)(Oc1ccccc1)O[C@@H](C)[C@H]1O[C@@H](N2C=CC(=O)CC2=O)[C@](C)(F)[C@@H]1O. The number of alkyl halides is 1. The number of carbonyl (C=O) groups is 3. The molecule has 1 aromatic carbocycles. The van der Waals surface area contributed by atoms with E-state index in [0.29, 0.717) is 0 Å². The number of aliphatic hydroxyl groups excluding tert-OH is 1. The van der Waals surface area contributed by atoms with Crippen molar-refractivity contribution in [2.45, 2.75) is 63.4 Å². The number of aliphatic hydroxyl groups is 1. The van der Waals surface area contributed by atoms with Crippen LogP contribution in [-0.2, 0) is 32.9 Å². The second-order valence-electron chi connectivity index (χ2n) is 8.40. The molecule has 2 N–H and O–H groups in total. The molecule has 0 aromatic heterocycles. The number of ketones is 1. The average molecular weight is 514 g/mol. The summed E-state index contributed by atoms with van der Waals surface area (Å²) >= 11 is 0. The number of methoxy groups -OCH3 is 1. The molecule has 2 aliphatic rings. The Bertz CT molecular complexity index is 1040. The van der Waals surface area contributed by atoms with Crippen LogP contribution in [0.3, 0.4) is 0 Å². The highest BCUT2D eigenvalue weighted by Gasteiger charge is 2.59. The third-order valence-electron chi connectivity index (χ3n) is 5.59. The highest BCUT2D eigenvalue weighted by molar-refractivity contribution is 7.52. The van der Waals surface area contributed by atoms with Gasteiger partial charge in [-0.05, 0) is 39.0 Å². The molecular weight excluding hydrogens is 486 g/mol. The first-order valence-corrected chi connectivity index (χ1v) is 12.4. The summed E-state index contributed by atoms with van der Waals surface area (Å²) in [5, 5.41) is 13.1. The lowest BCUT2D eigenvalue weighted by Crippen LogP contribution is -2.51. The predicted octanol–water partition coefficient (Wildman–Crippen LogP) is 1.86. The Morgan fingerprint density at radius 1 is 1.31 bits per heavy atom. The smallest absolute Gasteiger partial charge is 0.459 e. The van der Waals surface area contributed by atoms with Crippen LogP contribution in [0.2, 0.25) is 0 Å². The normalized spacial score (nSPS) is 30.0. The zero-order valence-corrected chi connectivity index (χ0v) is 20.5. The summed E-state index contributed by atoms with van der Waals surface area (Å²) in [7, 11) is -3.16. The van der Waals surface area contributed by atoms with E-state index < -0.39 is 68.1 Å². The molecule has 2 heterocycles. The standard InChI is InChI=1S/C22H28FN2O9P/c1-13(20(29)31-4)24-35(30,34-16-8-6-5-7-9-16)33-14(2)18-19(28)22(3,23)21(32-18)25-11-10-15(26)12-17(25)27/h5-11,13-14,18-19,21,28H,12H2,1-4H3,(H,24,30)/t13-,14-,18+,19+,21+,22+,35?/m0/s1. The van der Waals surface area contributed by atoms with Crippen LogP contribution in [0.1, 0.15) is 27.2 Å². The van der Waals surface area contributed by atoms with E-state index in [9.17, 15) is 24.1 Å². The van der Waals surface area contributed by atoms with E-state index in [2.05, 4.69) is 9.82 Å². The van der Waals surface area contributed by atoms with Gasteiger partial charge in [-0.1, -0.05) is 18.2 Å². The Kier molecular flexibility index (Phi) is 8.13. The second-order valence-corrected chi connectivity index (χ2v) is 10.0. The van der Waals surface area contributed by atoms with Crippen molar-refractivity contribution in [2.75, 3.05) is 7.11 Å². The van der Waals surface area contributed by atoms with Crippen molar-refractivity contribution in [3.05, 3.63) is 42.6 Å². The summed E-state index contributed by atoms with van der Waals surface area (Å²) < 4.78 is 50.6. The van der Waals surface area contributed by atoms with E-state index in [1.807, 2.05) is 0 Å². The molecule has 1 fully saturated rings. The summed E-state index contributed by atoms with van der Waals surface area (Å²) in [5.74, 6) is -1.72. The minimum Gasteiger partial charge on any atom is -0.468 e. The van der Waals surface area contributed by atoms with E-state index >= 15 is 4.39 Å². The first-order chi connectivity index (χ1) is 16.4. The first-order valence-electron chi connectivity index (χ1n) is 10.8. The fraction of sp³-hybridized carbons (Fsp3) is 0.500. The van der Waals surface area contributed by atoms with E-state index in [1.165, 1.54) is 26.0 Å². The highest BCUT2D eigenvalue weighted by atomic mass is 31.2. The van der Waals surface area contributed by atoms with Crippen LogP contribution in [0.4, 0.5) is 4.39 Å². The summed E-state index contributed by atoms with van der Waals surface area (Å²) in [4.78, 5) is 36.5. The molecule has 1 amide bonds. The van der Waals surface area contributed by atoms with Crippen molar-refractivity contribution in [1.82, 2.24) is 9.99 Å². The molecule has 0 bridgehead atoms. The number of nitrogens with zero attached hydrogens (tertiary/aromatic N) is 1. The number of benzene rings is 1. The third-order valence-corrected chi connectivity index (χ3v) is 7.35. The molecule has 0 radical (unpaired) electrons. The van der Waals surface area contributed by atoms with Gasteiger partial charge in [0.05, 0.1) is 19.6 Å². The fourth-order valence-corrected chi connectivity index (χ4v) is 5.42. The van der Waals surface area contributed by atoms with Crippen LogP contribution < -0.4 is 9.61 Å². The maximum absolute atomic E-state index is 15.6. The maximum Gasteiger partial charge on any atom is 0.459 e. The third kappa shape index (κ3) is 5.96. The summed E-state index contributed by atoms with van der Waals surface area (Å²) in [5.41, 5.74) is -2.46. The lowest BCUT2D eigenvalue weighted by atomic mass is 9.95. The minimum absolute atomic E-state index is 0.155. The van der Waals surface area contributed by atoms with Gasteiger partial charge in [0.25, 0.3) is 0 Å². The van der Waals surface area contributed by atoms with Gasteiger partial charge in [0.15, 0.2) is 17.7 Å². The van der Waals surface area contributed by atoms with Crippen molar-refractivity contribution >= 4 is 25.4 Å². The summed E-state index contributed by atoms with van der Waals surface area (Å²) in [6.45, 7) is 3.80.